The zero-order chi connectivity index (χ0) is 28.5. The van der Waals surface area contributed by atoms with E-state index < -0.39 is 0 Å². The van der Waals surface area contributed by atoms with Gasteiger partial charge in [0.1, 0.15) is 12.1 Å². The van der Waals surface area contributed by atoms with E-state index in [1.807, 2.05) is 30.1 Å². The summed E-state index contributed by atoms with van der Waals surface area (Å²) in [6.45, 7) is 8.61. The number of amidine groups is 1. The molecule has 2 unspecified atom stereocenters. The molecular formula is C32H39N5O3. The van der Waals surface area contributed by atoms with Crippen LogP contribution in [0.3, 0.4) is 0 Å². The Morgan fingerprint density at radius 1 is 1.05 bits per heavy atom. The van der Waals surface area contributed by atoms with Crippen molar-refractivity contribution >= 4 is 23.4 Å². The Labute approximate surface area is 236 Å². The number of ether oxygens (including phenoxy) is 1. The van der Waals surface area contributed by atoms with Crippen molar-refractivity contribution in [3.05, 3.63) is 83.1 Å². The highest BCUT2D eigenvalue weighted by Crippen LogP contribution is 2.46. The molecule has 1 fully saturated rings. The summed E-state index contributed by atoms with van der Waals surface area (Å²) in [5, 5.41) is 12.6. The highest BCUT2D eigenvalue weighted by atomic mass is 16.5. The smallest absolute Gasteiger partial charge is 0.271 e. The normalized spacial score (nSPS) is 21.3. The maximum Gasteiger partial charge on any atom is 0.271 e. The van der Waals surface area contributed by atoms with Gasteiger partial charge in [0, 0.05) is 19.5 Å². The molecule has 2 aromatic rings. The van der Waals surface area contributed by atoms with Crippen LogP contribution in [-0.4, -0.2) is 42.0 Å². The summed E-state index contributed by atoms with van der Waals surface area (Å²) in [6, 6.07) is 18.1. The van der Waals surface area contributed by atoms with Crippen LogP contribution in [-0.2, 0) is 19.9 Å². The third-order valence-corrected chi connectivity index (χ3v) is 7.73. The zero-order valence-electron chi connectivity index (χ0n) is 24.0. The molecule has 0 aromatic heterocycles. The van der Waals surface area contributed by atoms with E-state index in [0.717, 1.165) is 36.0 Å². The Kier molecular flexibility index (Phi) is 7.53. The first kappa shape index (κ1) is 27.6. The summed E-state index contributed by atoms with van der Waals surface area (Å²) >= 11 is 0. The highest BCUT2D eigenvalue weighted by Gasteiger charge is 2.44. The minimum absolute atomic E-state index is 0.0615. The number of carbonyl (C=O) groups is 2. The van der Waals surface area contributed by atoms with Crippen LogP contribution >= 0.6 is 0 Å². The summed E-state index contributed by atoms with van der Waals surface area (Å²) in [6.07, 6.45) is 5.12. The van der Waals surface area contributed by atoms with Gasteiger partial charge in [-0.05, 0) is 48.3 Å². The largest absolute Gasteiger partial charge is 0.490 e. The van der Waals surface area contributed by atoms with Crippen molar-refractivity contribution in [2.75, 3.05) is 13.7 Å². The molecule has 2 amide bonds. The van der Waals surface area contributed by atoms with Gasteiger partial charge in [-0.1, -0.05) is 75.4 Å². The number of nitrogens with one attached hydrogen (secondary N) is 2. The Morgan fingerprint density at radius 2 is 1.75 bits per heavy atom. The van der Waals surface area contributed by atoms with Gasteiger partial charge in [-0.25, -0.2) is 5.01 Å². The van der Waals surface area contributed by atoms with Crippen LogP contribution < -0.4 is 10.6 Å². The van der Waals surface area contributed by atoms with E-state index in [0.29, 0.717) is 24.6 Å². The lowest BCUT2D eigenvalue weighted by Gasteiger charge is -2.43. The lowest BCUT2D eigenvalue weighted by atomic mass is 9.71. The third-order valence-electron chi connectivity index (χ3n) is 7.73. The number of nitrogens with zero attached hydrogens (tertiary/aromatic N) is 3. The van der Waals surface area contributed by atoms with E-state index >= 15 is 0 Å². The minimum atomic E-state index is -0.309. The van der Waals surface area contributed by atoms with E-state index in [-0.39, 0.29) is 40.6 Å². The monoisotopic (exact) mass is 541 g/mol. The second-order valence-electron chi connectivity index (χ2n) is 11.9. The molecule has 8 nitrogen and oxygen atoms in total. The number of amides is 2. The number of rotatable bonds is 8. The topological polar surface area (TPSA) is 95.4 Å². The molecule has 1 saturated carbocycles. The van der Waals surface area contributed by atoms with Crippen molar-refractivity contribution in [2.45, 2.75) is 71.0 Å². The molecular weight excluding hydrogens is 502 g/mol. The molecule has 2 aromatic carbocycles. The van der Waals surface area contributed by atoms with Crippen molar-refractivity contribution in [3.63, 3.8) is 0 Å². The molecule has 210 valence electrons. The van der Waals surface area contributed by atoms with E-state index in [1.165, 1.54) is 0 Å². The third kappa shape index (κ3) is 5.40. The Balaban J connectivity index is 1.49. The summed E-state index contributed by atoms with van der Waals surface area (Å²) in [5.74, 6) is 0.961. The van der Waals surface area contributed by atoms with Gasteiger partial charge in [0.25, 0.3) is 5.91 Å². The maximum atomic E-state index is 12.8. The number of benzene rings is 2. The van der Waals surface area contributed by atoms with Crippen LogP contribution in [0.25, 0.3) is 0 Å². The van der Waals surface area contributed by atoms with Gasteiger partial charge >= 0.3 is 0 Å². The lowest BCUT2D eigenvalue weighted by Crippen LogP contribution is -2.51. The Bertz CT molecular complexity index is 1350. The van der Waals surface area contributed by atoms with Crippen LogP contribution in [0.5, 0.6) is 0 Å². The summed E-state index contributed by atoms with van der Waals surface area (Å²) in [5.41, 5.74) is 3.10. The predicted octanol–water partition coefficient (Wildman–Crippen LogP) is 5.15. The molecule has 1 aliphatic carbocycles. The number of aliphatic imine (C=N–C) groups is 1. The van der Waals surface area contributed by atoms with Gasteiger partial charge in [0.2, 0.25) is 5.91 Å². The fourth-order valence-electron chi connectivity index (χ4n) is 5.69. The maximum absolute atomic E-state index is 12.8. The molecule has 40 heavy (non-hydrogen) atoms. The Hall–Kier alpha value is -3.94. The van der Waals surface area contributed by atoms with Gasteiger partial charge in [0.05, 0.1) is 12.1 Å². The number of hydrogen-bond acceptors (Lipinski definition) is 6. The van der Waals surface area contributed by atoms with Gasteiger partial charge < -0.3 is 15.4 Å². The van der Waals surface area contributed by atoms with Gasteiger partial charge in [-0.3, -0.25) is 14.6 Å². The summed E-state index contributed by atoms with van der Waals surface area (Å²) in [7, 11) is 1.59. The van der Waals surface area contributed by atoms with Crippen molar-refractivity contribution < 1.29 is 14.3 Å². The number of hydrogen-bond donors (Lipinski definition) is 2. The molecule has 2 atom stereocenters. The van der Waals surface area contributed by atoms with Crippen molar-refractivity contribution in [2.24, 2.45) is 15.5 Å². The van der Waals surface area contributed by atoms with Crippen LogP contribution in [0.15, 0.2) is 76.5 Å². The first-order valence-electron chi connectivity index (χ1n) is 14.1. The molecule has 3 aliphatic rings. The SMILES string of the molecule is CCOC1=CC(C(=O)NC)=NN2C1=NC(c1ccc(C3(NC(=O)CC(C)(C)C)CCC3)cc1)C2c1ccccc1. The fraction of sp³-hybridized carbons (Fsp3) is 0.438. The number of carbonyl (C=O) groups excluding carboxylic acids is 2. The average molecular weight is 542 g/mol. The lowest BCUT2D eigenvalue weighted by molar-refractivity contribution is -0.126. The highest BCUT2D eigenvalue weighted by molar-refractivity contribution is 6.44. The molecule has 0 bridgehead atoms. The molecule has 0 saturated heterocycles. The fourth-order valence-corrected chi connectivity index (χ4v) is 5.69. The van der Waals surface area contributed by atoms with Crippen LogP contribution in [0.2, 0.25) is 0 Å². The van der Waals surface area contributed by atoms with E-state index in [1.54, 1.807) is 13.1 Å². The van der Waals surface area contributed by atoms with Crippen LogP contribution in [0.1, 0.15) is 82.2 Å². The van der Waals surface area contributed by atoms with Gasteiger partial charge in [0.15, 0.2) is 17.3 Å². The molecule has 0 spiro atoms. The second kappa shape index (κ2) is 10.9. The van der Waals surface area contributed by atoms with Crippen molar-refractivity contribution in [3.8, 4) is 0 Å². The van der Waals surface area contributed by atoms with Crippen molar-refractivity contribution in [1.29, 1.82) is 0 Å². The van der Waals surface area contributed by atoms with E-state index in [2.05, 4.69) is 67.8 Å². The molecule has 0 radical (unpaired) electrons. The van der Waals surface area contributed by atoms with E-state index in [9.17, 15) is 9.59 Å². The molecule has 2 N–H and O–H groups in total. The summed E-state index contributed by atoms with van der Waals surface area (Å²) in [4.78, 5) is 30.5. The standard InChI is InChI=1S/C32H39N5O3/c1-6-40-25-19-24(30(39)33-5)36-37-28(22-11-8-7-9-12-22)27(34-29(25)37)21-13-15-23(16-14-21)32(17-10-18-32)35-26(38)20-31(2,3)4/h7-9,11-16,19,27-28H,6,10,17-18,20H2,1-5H3,(H,33,39)(H,35,38). The van der Waals surface area contributed by atoms with Gasteiger partial charge in [-0.15, -0.1) is 0 Å². The quantitative estimate of drug-likeness (QED) is 0.483. The second-order valence-corrected chi connectivity index (χ2v) is 11.9. The molecule has 2 aliphatic heterocycles. The summed E-state index contributed by atoms with van der Waals surface area (Å²) < 4.78 is 5.94. The molecule has 2 heterocycles. The van der Waals surface area contributed by atoms with Gasteiger partial charge in [-0.2, -0.15) is 5.10 Å². The first-order chi connectivity index (χ1) is 19.1. The average Bonchev–Trinajstić information content (AvgIpc) is 3.30. The van der Waals surface area contributed by atoms with Crippen molar-refractivity contribution in [1.82, 2.24) is 15.6 Å². The first-order valence-corrected chi connectivity index (χ1v) is 14.1. The number of fused-ring (bicyclic) bond motifs is 1. The Morgan fingerprint density at radius 3 is 2.33 bits per heavy atom. The van der Waals surface area contributed by atoms with Crippen LogP contribution in [0, 0.1) is 5.41 Å². The minimum Gasteiger partial charge on any atom is -0.490 e. The predicted molar refractivity (Wildman–Crippen MR) is 157 cm³/mol. The number of hydrazone groups is 1. The molecule has 5 rings (SSSR count). The van der Waals surface area contributed by atoms with Crippen LogP contribution in [0.4, 0.5) is 0 Å². The van der Waals surface area contributed by atoms with E-state index in [4.69, 9.17) is 14.8 Å². The molecule has 8 heteroatoms. The zero-order valence-corrected chi connectivity index (χ0v) is 24.0.